The van der Waals surface area contributed by atoms with Gasteiger partial charge in [0.2, 0.25) is 0 Å². The Bertz CT molecular complexity index is 3940. The summed E-state index contributed by atoms with van der Waals surface area (Å²) in [5.74, 6) is 0. The number of rotatable bonds is 6. The van der Waals surface area contributed by atoms with Gasteiger partial charge in [0, 0.05) is 44.1 Å². The lowest BCUT2D eigenvalue weighted by atomic mass is 9.78. The number of nitrogens with zero attached hydrogens (tertiary/aromatic N) is 2. The van der Waals surface area contributed by atoms with Gasteiger partial charge in [0.1, 0.15) is 0 Å². The summed E-state index contributed by atoms with van der Waals surface area (Å²) in [5.41, 5.74) is 27.6. The molecular weight excluding hydrogens is 857 g/mol. The molecule has 3 aliphatic rings. The Hall–Kier alpha value is -8.20. The Labute approximate surface area is 417 Å². The molecule has 2 nitrogen and oxygen atoms in total. The largest absolute Gasteiger partial charge is 0.310 e. The van der Waals surface area contributed by atoms with Gasteiger partial charge in [0.15, 0.2) is 0 Å². The van der Waals surface area contributed by atoms with Crippen LogP contribution in [-0.2, 0) is 16.2 Å². The highest BCUT2D eigenvalue weighted by atomic mass is 15.1. The van der Waals surface area contributed by atoms with Crippen molar-refractivity contribution in [1.29, 1.82) is 0 Å². The van der Waals surface area contributed by atoms with E-state index in [1.807, 2.05) is 0 Å². The first kappa shape index (κ1) is 41.7. The first-order valence-electron chi connectivity index (χ1n) is 25.3. The van der Waals surface area contributed by atoms with Crippen LogP contribution < -0.4 is 4.90 Å². The molecule has 71 heavy (non-hydrogen) atoms. The zero-order valence-electron chi connectivity index (χ0n) is 41.2. The Morgan fingerprint density at radius 1 is 0.296 bits per heavy atom. The molecule has 1 aromatic heterocycles. The predicted octanol–water partition coefficient (Wildman–Crippen LogP) is 18.5. The molecule has 3 aliphatic carbocycles. The molecule has 0 aliphatic heterocycles. The van der Waals surface area contributed by atoms with Crippen molar-refractivity contribution < 1.29 is 0 Å². The third kappa shape index (κ3) is 5.95. The zero-order valence-corrected chi connectivity index (χ0v) is 41.2. The van der Waals surface area contributed by atoms with Gasteiger partial charge in [-0.05, 0) is 162 Å². The molecule has 14 rings (SSSR count). The maximum Gasteiger partial charge on any atom is 0.0541 e. The number of hydrogen-bond acceptors (Lipinski definition) is 1. The summed E-state index contributed by atoms with van der Waals surface area (Å²) < 4.78 is 2.54. The van der Waals surface area contributed by atoms with Gasteiger partial charge in [-0.15, -0.1) is 0 Å². The summed E-state index contributed by atoms with van der Waals surface area (Å²) in [5, 5.41) is 2.56. The van der Waals surface area contributed by atoms with Crippen molar-refractivity contribution in [2.45, 2.75) is 57.8 Å². The van der Waals surface area contributed by atoms with Crippen molar-refractivity contribution in [3.8, 4) is 61.3 Å². The van der Waals surface area contributed by atoms with E-state index in [2.05, 4.69) is 269 Å². The molecule has 340 valence electrons. The molecule has 0 spiro atoms. The van der Waals surface area contributed by atoms with E-state index in [-0.39, 0.29) is 16.2 Å². The summed E-state index contributed by atoms with van der Waals surface area (Å²) in [6, 6.07) is 82.0. The fourth-order valence-electron chi connectivity index (χ4n) is 13.1. The minimum absolute atomic E-state index is 0.120. The number of hydrogen-bond donors (Lipinski definition) is 0. The van der Waals surface area contributed by atoms with Crippen molar-refractivity contribution in [1.82, 2.24) is 4.57 Å². The first-order chi connectivity index (χ1) is 34.5. The normalized spacial score (nSPS) is 15.0. The van der Waals surface area contributed by atoms with Gasteiger partial charge in [0.25, 0.3) is 0 Å². The first-order valence-corrected chi connectivity index (χ1v) is 25.3. The standard InChI is InChI=1S/C69H54N2/c1-67(2)58-26-16-13-23-50(58)51-35-33-48(39-59(51)67)70(47-31-29-45(30-32-47)43-19-9-7-10-20-43)49-34-36-52-55-41-62-56(42-61(55)68(3,4)60(52)40-49)57-37-46(44-21-11-8-12-22-44)38-65(66(57)69(62,5)6)71-63-27-17-14-24-53(63)54-25-15-18-28-64(54)71/h7-42H,1-6H3. The number of fused-ring (bicyclic) bond motifs is 12. The molecule has 0 saturated heterocycles. The van der Waals surface area contributed by atoms with Gasteiger partial charge in [-0.25, -0.2) is 0 Å². The average molecular weight is 911 g/mol. The van der Waals surface area contributed by atoms with Gasteiger partial charge >= 0.3 is 0 Å². The highest BCUT2D eigenvalue weighted by Gasteiger charge is 2.44. The predicted molar refractivity (Wildman–Crippen MR) is 299 cm³/mol. The summed E-state index contributed by atoms with van der Waals surface area (Å²) in [7, 11) is 0. The number of para-hydroxylation sites is 2. The third-order valence-electron chi connectivity index (χ3n) is 16.7. The summed E-state index contributed by atoms with van der Waals surface area (Å²) in [4.78, 5) is 2.48. The SMILES string of the molecule is CC1(C)c2ccccc2-c2ccc(N(c3ccc(-c4ccccc4)cc3)c3ccc4c(c3)C(C)(C)c3cc5c(cc3-4)C(C)(C)c3c-5cc(-c4ccccc4)cc3-n3c4ccccc4c4ccccc43)cc21. The van der Waals surface area contributed by atoms with Crippen LogP contribution in [0.4, 0.5) is 17.1 Å². The molecule has 0 unspecified atom stereocenters. The van der Waals surface area contributed by atoms with Gasteiger partial charge in [0.05, 0.1) is 16.7 Å². The van der Waals surface area contributed by atoms with Gasteiger partial charge in [-0.1, -0.05) is 187 Å². The average Bonchev–Trinajstić information content (AvgIpc) is 4.02. The van der Waals surface area contributed by atoms with Crippen molar-refractivity contribution in [3.05, 3.63) is 252 Å². The molecule has 10 aromatic carbocycles. The summed E-state index contributed by atoms with van der Waals surface area (Å²) in [6.07, 6.45) is 0. The van der Waals surface area contributed by atoms with Crippen molar-refractivity contribution in [3.63, 3.8) is 0 Å². The highest BCUT2D eigenvalue weighted by Crippen LogP contribution is 2.59. The van der Waals surface area contributed by atoms with Gasteiger partial charge in [-0.2, -0.15) is 0 Å². The molecule has 0 N–H and O–H groups in total. The Morgan fingerprint density at radius 2 is 0.732 bits per heavy atom. The summed E-state index contributed by atoms with van der Waals surface area (Å²) >= 11 is 0. The maximum atomic E-state index is 2.57. The fraction of sp³-hybridized carbons (Fsp3) is 0.130. The quantitative estimate of drug-likeness (QED) is 0.161. The summed E-state index contributed by atoms with van der Waals surface area (Å²) in [6.45, 7) is 14.5. The van der Waals surface area contributed by atoms with Crippen LogP contribution in [0.1, 0.15) is 74.9 Å². The Kier molecular flexibility index (Phi) is 8.76. The van der Waals surface area contributed by atoms with Crippen LogP contribution in [0.25, 0.3) is 83.1 Å². The van der Waals surface area contributed by atoms with Crippen LogP contribution in [0, 0.1) is 0 Å². The Morgan fingerprint density at radius 3 is 1.35 bits per heavy atom. The van der Waals surface area contributed by atoms with E-state index in [1.54, 1.807) is 0 Å². The molecule has 0 atom stereocenters. The number of aromatic nitrogens is 1. The van der Waals surface area contributed by atoms with E-state index in [0.717, 1.165) is 17.1 Å². The van der Waals surface area contributed by atoms with Crippen LogP contribution >= 0.6 is 0 Å². The van der Waals surface area contributed by atoms with Crippen LogP contribution in [0.2, 0.25) is 0 Å². The second-order valence-corrected chi connectivity index (χ2v) is 21.7. The Balaban J connectivity index is 0.933. The van der Waals surface area contributed by atoms with E-state index in [4.69, 9.17) is 0 Å². The third-order valence-corrected chi connectivity index (χ3v) is 16.7. The van der Waals surface area contributed by atoms with Crippen molar-refractivity contribution in [2.24, 2.45) is 0 Å². The van der Waals surface area contributed by atoms with Crippen LogP contribution in [0.3, 0.4) is 0 Å². The van der Waals surface area contributed by atoms with Crippen molar-refractivity contribution >= 4 is 38.9 Å². The second kappa shape index (κ2) is 14.9. The van der Waals surface area contributed by atoms with E-state index >= 15 is 0 Å². The zero-order chi connectivity index (χ0) is 48.0. The van der Waals surface area contributed by atoms with Gasteiger partial charge in [-0.3, -0.25) is 0 Å². The highest BCUT2D eigenvalue weighted by molar-refractivity contribution is 6.10. The maximum absolute atomic E-state index is 2.57. The molecule has 0 bridgehead atoms. The minimum atomic E-state index is -0.284. The van der Waals surface area contributed by atoms with E-state index in [9.17, 15) is 0 Å². The molecule has 1 heterocycles. The molecule has 0 saturated carbocycles. The lowest BCUT2D eigenvalue weighted by Gasteiger charge is -2.30. The molecule has 0 fully saturated rings. The van der Waals surface area contributed by atoms with Crippen molar-refractivity contribution in [2.75, 3.05) is 4.90 Å². The van der Waals surface area contributed by atoms with E-state index in [1.165, 1.54) is 117 Å². The molecule has 0 amide bonds. The molecule has 2 heteroatoms. The van der Waals surface area contributed by atoms with E-state index < -0.39 is 0 Å². The monoisotopic (exact) mass is 910 g/mol. The molecule has 11 aromatic rings. The van der Waals surface area contributed by atoms with Crippen LogP contribution in [0.15, 0.2) is 218 Å². The number of anilines is 3. The fourth-order valence-corrected chi connectivity index (χ4v) is 13.1. The smallest absolute Gasteiger partial charge is 0.0541 e. The minimum Gasteiger partial charge on any atom is -0.310 e. The molecular formula is C69H54N2. The van der Waals surface area contributed by atoms with Gasteiger partial charge < -0.3 is 9.47 Å². The lowest BCUT2D eigenvalue weighted by molar-refractivity contribution is 0.650. The van der Waals surface area contributed by atoms with E-state index in [0.29, 0.717) is 0 Å². The topological polar surface area (TPSA) is 8.17 Å². The second-order valence-electron chi connectivity index (χ2n) is 21.7. The lowest BCUT2D eigenvalue weighted by Crippen LogP contribution is -2.19. The molecule has 0 radical (unpaired) electrons. The van der Waals surface area contributed by atoms with Crippen LogP contribution in [-0.4, -0.2) is 4.57 Å². The van der Waals surface area contributed by atoms with Crippen LogP contribution in [0.5, 0.6) is 0 Å². The number of benzene rings is 10.